The quantitative estimate of drug-likeness (QED) is 0.651. The van der Waals surface area contributed by atoms with Crippen molar-refractivity contribution >= 4 is 46.5 Å². The van der Waals surface area contributed by atoms with Gasteiger partial charge in [0.15, 0.2) is 11.5 Å². The number of hydrogen-bond donors (Lipinski definition) is 1. The van der Waals surface area contributed by atoms with Gasteiger partial charge in [0.2, 0.25) is 0 Å². The number of nitrogen functional groups attached to an aromatic ring is 1. The van der Waals surface area contributed by atoms with Crippen LogP contribution in [0, 0.1) is 5.82 Å². The number of benzene rings is 1. The fourth-order valence-corrected chi connectivity index (χ4v) is 2.28. The van der Waals surface area contributed by atoms with Gasteiger partial charge in [-0.05, 0) is 18.2 Å². The minimum Gasteiger partial charge on any atom is -0.464 e. The normalized spacial score (nSPS) is 10.5. The summed E-state index contributed by atoms with van der Waals surface area (Å²) in [4.78, 5) is 15.6. The van der Waals surface area contributed by atoms with Gasteiger partial charge in [-0.3, -0.25) is 0 Å². The maximum atomic E-state index is 13.7. The number of anilines is 1. The van der Waals surface area contributed by atoms with Gasteiger partial charge in [0.25, 0.3) is 0 Å². The lowest BCUT2D eigenvalue weighted by Gasteiger charge is -2.10. The molecule has 21 heavy (non-hydrogen) atoms. The molecule has 8 heteroatoms. The minimum atomic E-state index is -0.786. The van der Waals surface area contributed by atoms with Crippen LogP contribution in [0.4, 0.5) is 10.1 Å². The van der Waals surface area contributed by atoms with E-state index >= 15 is 0 Å². The number of aromatic nitrogens is 1. The van der Waals surface area contributed by atoms with Crippen molar-refractivity contribution in [2.75, 3.05) is 12.8 Å². The van der Waals surface area contributed by atoms with Crippen LogP contribution in [0.25, 0.3) is 11.3 Å². The third-order valence-electron chi connectivity index (χ3n) is 2.68. The third-order valence-corrected chi connectivity index (χ3v) is 3.73. The molecule has 1 aromatic heterocycles. The average Bonchev–Trinajstić information content (AvgIpc) is 2.47. The molecule has 0 spiro atoms. The molecule has 4 nitrogen and oxygen atoms in total. The summed E-state index contributed by atoms with van der Waals surface area (Å²) in [6.45, 7) is 0. The van der Waals surface area contributed by atoms with Crippen molar-refractivity contribution in [2.24, 2.45) is 0 Å². The molecule has 0 atom stereocenters. The molecule has 0 aliphatic carbocycles. The van der Waals surface area contributed by atoms with Crippen LogP contribution in [0.15, 0.2) is 18.2 Å². The van der Waals surface area contributed by atoms with E-state index in [1.165, 1.54) is 25.3 Å². The van der Waals surface area contributed by atoms with Crippen LogP contribution in [0.3, 0.4) is 0 Å². The zero-order valence-electron chi connectivity index (χ0n) is 10.6. The summed E-state index contributed by atoms with van der Waals surface area (Å²) in [7, 11) is 1.18. The van der Waals surface area contributed by atoms with Crippen LogP contribution in [0.1, 0.15) is 10.5 Å². The molecule has 2 rings (SSSR count). The number of methoxy groups -OCH3 is 1. The molecular weight excluding hydrogens is 342 g/mol. The summed E-state index contributed by atoms with van der Waals surface area (Å²) in [6.07, 6.45) is 0. The Morgan fingerprint density at radius 3 is 2.57 bits per heavy atom. The number of hydrogen-bond acceptors (Lipinski definition) is 4. The first-order valence-electron chi connectivity index (χ1n) is 5.55. The Kier molecular flexibility index (Phi) is 4.56. The van der Waals surface area contributed by atoms with E-state index in [1.807, 2.05) is 0 Å². The van der Waals surface area contributed by atoms with Gasteiger partial charge < -0.3 is 10.5 Å². The molecule has 0 saturated carbocycles. The molecule has 2 aromatic rings. The molecule has 110 valence electrons. The van der Waals surface area contributed by atoms with Crippen LogP contribution >= 0.6 is 34.8 Å². The summed E-state index contributed by atoms with van der Waals surface area (Å²) in [5.74, 6) is -1.55. The molecule has 0 aliphatic rings. The van der Waals surface area contributed by atoms with E-state index in [0.29, 0.717) is 0 Å². The van der Waals surface area contributed by atoms with Gasteiger partial charge in [-0.2, -0.15) is 0 Å². The fourth-order valence-electron chi connectivity index (χ4n) is 1.64. The first kappa shape index (κ1) is 15.8. The lowest BCUT2D eigenvalue weighted by molar-refractivity contribution is 0.0594. The number of rotatable bonds is 2. The molecule has 1 heterocycles. The van der Waals surface area contributed by atoms with Gasteiger partial charge in [-0.15, -0.1) is 0 Å². The summed E-state index contributed by atoms with van der Waals surface area (Å²) < 4.78 is 18.3. The Morgan fingerprint density at radius 2 is 1.95 bits per heavy atom. The van der Waals surface area contributed by atoms with Crippen LogP contribution < -0.4 is 5.73 Å². The molecule has 0 fully saturated rings. The topological polar surface area (TPSA) is 65.2 Å². The minimum absolute atomic E-state index is 0.0452. The van der Waals surface area contributed by atoms with Crippen molar-refractivity contribution in [3.8, 4) is 11.3 Å². The summed E-state index contributed by atoms with van der Waals surface area (Å²) in [5, 5.41) is -0.400. The highest BCUT2D eigenvalue weighted by Crippen LogP contribution is 2.35. The van der Waals surface area contributed by atoms with E-state index in [2.05, 4.69) is 9.72 Å². The van der Waals surface area contributed by atoms with Crippen molar-refractivity contribution < 1.29 is 13.9 Å². The highest BCUT2D eigenvalue weighted by Gasteiger charge is 2.20. The molecule has 1 aromatic carbocycles. The number of nitrogens with two attached hydrogens (primary N) is 1. The maximum absolute atomic E-state index is 13.7. The lowest BCUT2D eigenvalue weighted by atomic mass is 10.1. The standard InChI is InChI=1S/C13H8Cl3FN2O2/c1-21-13(20)12-10(16)7(18)4-8(19-12)5-2-3-6(14)11(17)9(5)15/h2-4H,1H3,(H2,18,19). The molecule has 0 saturated heterocycles. The second-order valence-corrected chi connectivity index (χ2v) is 5.14. The van der Waals surface area contributed by atoms with E-state index in [1.54, 1.807) is 0 Å². The molecule has 0 radical (unpaired) electrons. The van der Waals surface area contributed by atoms with Gasteiger partial charge in [0.05, 0.1) is 33.6 Å². The zero-order valence-corrected chi connectivity index (χ0v) is 12.9. The smallest absolute Gasteiger partial charge is 0.358 e. The molecule has 2 N–H and O–H groups in total. The van der Waals surface area contributed by atoms with Crippen molar-refractivity contribution in [1.82, 2.24) is 4.98 Å². The number of esters is 1. The predicted molar refractivity (Wildman–Crippen MR) is 80.4 cm³/mol. The fraction of sp³-hybridized carbons (Fsp3) is 0.0769. The first-order valence-corrected chi connectivity index (χ1v) is 6.68. The van der Waals surface area contributed by atoms with Crippen LogP contribution in [0.5, 0.6) is 0 Å². The molecule has 0 amide bonds. The lowest BCUT2D eigenvalue weighted by Crippen LogP contribution is -2.08. The Hall–Kier alpha value is -1.56. The molecular formula is C13H8Cl3FN2O2. The van der Waals surface area contributed by atoms with E-state index in [9.17, 15) is 9.18 Å². The predicted octanol–water partition coefficient (Wildman–Crippen LogP) is 4.22. The Labute approximate surface area is 134 Å². The zero-order chi connectivity index (χ0) is 15.7. The molecule has 0 unspecified atom stereocenters. The second-order valence-electron chi connectivity index (χ2n) is 3.97. The second kappa shape index (κ2) is 6.05. The molecule has 0 aliphatic heterocycles. The molecule has 0 bridgehead atoms. The van der Waals surface area contributed by atoms with Gasteiger partial charge in [-0.1, -0.05) is 34.8 Å². The van der Waals surface area contributed by atoms with Crippen molar-refractivity contribution in [1.29, 1.82) is 0 Å². The Morgan fingerprint density at radius 1 is 1.29 bits per heavy atom. The highest BCUT2D eigenvalue weighted by molar-refractivity contribution is 6.37. The van der Waals surface area contributed by atoms with Gasteiger partial charge in [0.1, 0.15) is 0 Å². The van der Waals surface area contributed by atoms with E-state index in [-0.39, 0.29) is 37.7 Å². The average molecular weight is 350 g/mol. The number of carbonyl (C=O) groups excluding carboxylic acids is 1. The Bertz CT molecular complexity index is 738. The van der Waals surface area contributed by atoms with E-state index < -0.39 is 11.8 Å². The summed E-state index contributed by atoms with van der Waals surface area (Å²) >= 11 is 17.4. The maximum Gasteiger partial charge on any atom is 0.358 e. The van der Waals surface area contributed by atoms with Crippen LogP contribution in [-0.4, -0.2) is 18.1 Å². The van der Waals surface area contributed by atoms with Crippen molar-refractivity contribution in [3.63, 3.8) is 0 Å². The van der Waals surface area contributed by atoms with Gasteiger partial charge in [0, 0.05) is 5.56 Å². The summed E-state index contributed by atoms with van der Waals surface area (Å²) in [5.41, 5.74) is 6.05. The Balaban J connectivity index is 2.68. The number of ether oxygens (including phenoxy) is 1. The summed E-state index contributed by atoms with van der Waals surface area (Å²) in [6, 6.07) is 4.16. The highest BCUT2D eigenvalue weighted by atomic mass is 35.5. The number of carbonyl (C=O) groups is 1. The SMILES string of the molecule is COC(=O)c1nc(-c2ccc(Cl)c(F)c2Cl)cc(N)c1Cl. The largest absolute Gasteiger partial charge is 0.464 e. The van der Waals surface area contributed by atoms with Crippen molar-refractivity contribution in [2.45, 2.75) is 0 Å². The first-order chi connectivity index (χ1) is 9.86. The number of nitrogens with zero attached hydrogens (tertiary/aromatic N) is 1. The number of pyridine rings is 1. The third kappa shape index (κ3) is 2.90. The monoisotopic (exact) mass is 348 g/mol. The number of halogens is 4. The van der Waals surface area contributed by atoms with Gasteiger partial charge >= 0.3 is 5.97 Å². The van der Waals surface area contributed by atoms with Crippen LogP contribution in [0.2, 0.25) is 15.1 Å². The van der Waals surface area contributed by atoms with Crippen molar-refractivity contribution in [3.05, 3.63) is 44.8 Å². The van der Waals surface area contributed by atoms with E-state index in [0.717, 1.165) is 0 Å². The van der Waals surface area contributed by atoms with E-state index in [4.69, 9.17) is 40.5 Å². The van der Waals surface area contributed by atoms with Gasteiger partial charge in [-0.25, -0.2) is 14.2 Å². The van der Waals surface area contributed by atoms with Crippen LogP contribution in [-0.2, 0) is 4.74 Å².